The van der Waals surface area contributed by atoms with Crippen LogP contribution in [0.1, 0.15) is 38.2 Å². The predicted octanol–water partition coefficient (Wildman–Crippen LogP) is 3.48. The molecule has 2 heterocycles. The van der Waals surface area contributed by atoms with E-state index in [9.17, 15) is 4.79 Å². The SMILES string of the molecule is C=CCN1CC2(CCC1=O)CCN(Cc1ccccc1OCC)CC2. The molecule has 25 heavy (non-hydrogen) atoms. The first-order valence-electron chi connectivity index (χ1n) is 9.47. The van der Waals surface area contributed by atoms with E-state index in [1.807, 2.05) is 24.0 Å². The Kier molecular flexibility index (Phi) is 5.79. The van der Waals surface area contributed by atoms with Crippen molar-refractivity contribution in [3.8, 4) is 5.75 Å². The van der Waals surface area contributed by atoms with Crippen LogP contribution in [0, 0.1) is 5.41 Å². The molecule has 0 radical (unpaired) electrons. The fourth-order valence-electron chi connectivity index (χ4n) is 4.19. The average molecular weight is 342 g/mol. The highest BCUT2D eigenvalue weighted by Crippen LogP contribution is 2.40. The molecule has 1 aromatic rings. The molecule has 0 N–H and O–H groups in total. The maximum absolute atomic E-state index is 12.1. The summed E-state index contributed by atoms with van der Waals surface area (Å²) in [6.07, 6.45) is 5.93. The van der Waals surface area contributed by atoms with Gasteiger partial charge in [0.1, 0.15) is 5.75 Å². The molecule has 1 amide bonds. The van der Waals surface area contributed by atoms with Gasteiger partial charge in [0.05, 0.1) is 6.61 Å². The monoisotopic (exact) mass is 342 g/mol. The normalized spacial score (nSPS) is 20.7. The van der Waals surface area contributed by atoms with Gasteiger partial charge in [-0.25, -0.2) is 0 Å². The molecular weight excluding hydrogens is 312 g/mol. The highest BCUT2D eigenvalue weighted by Gasteiger charge is 2.40. The third-order valence-electron chi connectivity index (χ3n) is 5.68. The highest BCUT2D eigenvalue weighted by atomic mass is 16.5. The maximum Gasteiger partial charge on any atom is 0.222 e. The Balaban J connectivity index is 1.59. The maximum atomic E-state index is 12.1. The van der Waals surface area contributed by atoms with Gasteiger partial charge in [0.15, 0.2) is 0 Å². The van der Waals surface area contributed by atoms with Gasteiger partial charge in [-0.1, -0.05) is 24.3 Å². The Morgan fingerprint density at radius 3 is 2.72 bits per heavy atom. The van der Waals surface area contributed by atoms with Crippen molar-refractivity contribution < 1.29 is 9.53 Å². The van der Waals surface area contributed by atoms with E-state index in [2.05, 4.69) is 29.7 Å². The summed E-state index contributed by atoms with van der Waals surface area (Å²) in [6.45, 7) is 11.2. The van der Waals surface area contributed by atoms with Gasteiger partial charge in [-0.3, -0.25) is 9.69 Å². The van der Waals surface area contributed by atoms with Gasteiger partial charge in [-0.15, -0.1) is 6.58 Å². The van der Waals surface area contributed by atoms with Crippen LogP contribution in [0.25, 0.3) is 0 Å². The summed E-state index contributed by atoms with van der Waals surface area (Å²) in [6, 6.07) is 8.35. The molecule has 1 spiro atoms. The number of carbonyl (C=O) groups excluding carboxylic acids is 1. The third kappa shape index (κ3) is 4.24. The van der Waals surface area contributed by atoms with Crippen LogP contribution in [0.2, 0.25) is 0 Å². The topological polar surface area (TPSA) is 32.8 Å². The number of hydrogen-bond donors (Lipinski definition) is 0. The fourth-order valence-corrected chi connectivity index (χ4v) is 4.19. The summed E-state index contributed by atoms with van der Waals surface area (Å²) in [5.74, 6) is 1.30. The number of piperidine rings is 2. The fraction of sp³-hybridized carbons (Fsp3) is 0.571. The predicted molar refractivity (Wildman–Crippen MR) is 101 cm³/mol. The molecule has 2 aliphatic heterocycles. The molecule has 0 unspecified atom stereocenters. The largest absolute Gasteiger partial charge is 0.494 e. The molecule has 4 nitrogen and oxygen atoms in total. The van der Waals surface area contributed by atoms with Gasteiger partial charge in [0.2, 0.25) is 5.91 Å². The summed E-state index contributed by atoms with van der Waals surface area (Å²) < 4.78 is 5.76. The van der Waals surface area contributed by atoms with E-state index in [0.29, 0.717) is 30.9 Å². The second kappa shape index (κ2) is 8.05. The van der Waals surface area contributed by atoms with Gasteiger partial charge in [-0.2, -0.15) is 0 Å². The number of likely N-dealkylation sites (tertiary alicyclic amines) is 2. The number of para-hydroxylation sites is 1. The number of nitrogens with zero attached hydrogens (tertiary/aromatic N) is 2. The molecule has 136 valence electrons. The van der Waals surface area contributed by atoms with Crippen molar-refractivity contribution >= 4 is 5.91 Å². The minimum absolute atomic E-state index is 0.290. The lowest BCUT2D eigenvalue weighted by atomic mass is 9.72. The van der Waals surface area contributed by atoms with Gasteiger partial charge in [0.25, 0.3) is 0 Å². The summed E-state index contributed by atoms with van der Waals surface area (Å²) in [5.41, 5.74) is 1.58. The van der Waals surface area contributed by atoms with Crippen molar-refractivity contribution in [2.45, 2.75) is 39.2 Å². The van der Waals surface area contributed by atoms with E-state index in [0.717, 1.165) is 38.3 Å². The number of amides is 1. The lowest BCUT2D eigenvalue weighted by molar-refractivity contribution is -0.138. The molecule has 2 fully saturated rings. The zero-order chi connectivity index (χ0) is 17.7. The molecule has 0 bridgehead atoms. The first-order chi connectivity index (χ1) is 12.2. The number of rotatable bonds is 6. The smallest absolute Gasteiger partial charge is 0.222 e. The summed E-state index contributed by atoms with van der Waals surface area (Å²) >= 11 is 0. The standard InChI is InChI=1S/C21H30N2O2/c1-3-13-23-17-21(10-9-20(23)24)11-14-22(15-12-21)16-18-7-5-6-8-19(18)25-4-2/h3,5-8H,1,4,9-17H2,2H3. The van der Waals surface area contributed by atoms with Crippen molar-refractivity contribution in [1.29, 1.82) is 0 Å². The Morgan fingerprint density at radius 1 is 1.24 bits per heavy atom. The zero-order valence-corrected chi connectivity index (χ0v) is 15.4. The second-order valence-electron chi connectivity index (χ2n) is 7.38. The number of benzene rings is 1. The first kappa shape index (κ1) is 18.0. The first-order valence-corrected chi connectivity index (χ1v) is 9.47. The van der Waals surface area contributed by atoms with E-state index in [1.54, 1.807) is 0 Å². The molecular formula is C21H30N2O2. The van der Waals surface area contributed by atoms with E-state index in [-0.39, 0.29) is 0 Å². The van der Waals surface area contributed by atoms with Gasteiger partial charge in [-0.05, 0) is 50.8 Å². The Hall–Kier alpha value is -1.81. The van der Waals surface area contributed by atoms with Crippen LogP contribution in [0.15, 0.2) is 36.9 Å². The third-order valence-corrected chi connectivity index (χ3v) is 5.68. The minimum atomic E-state index is 0.290. The minimum Gasteiger partial charge on any atom is -0.494 e. The lowest BCUT2D eigenvalue weighted by Crippen LogP contribution is -2.51. The average Bonchev–Trinajstić information content (AvgIpc) is 2.63. The van der Waals surface area contributed by atoms with Crippen LogP contribution in [0.3, 0.4) is 0 Å². The summed E-state index contributed by atoms with van der Waals surface area (Å²) in [7, 11) is 0. The molecule has 0 saturated carbocycles. The Morgan fingerprint density at radius 2 is 2.00 bits per heavy atom. The number of carbonyl (C=O) groups is 1. The van der Waals surface area contributed by atoms with Crippen molar-refractivity contribution in [3.05, 3.63) is 42.5 Å². The number of hydrogen-bond acceptors (Lipinski definition) is 3. The molecule has 4 heteroatoms. The van der Waals surface area contributed by atoms with Crippen LogP contribution < -0.4 is 4.74 Å². The van der Waals surface area contributed by atoms with E-state index < -0.39 is 0 Å². The quantitative estimate of drug-likeness (QED) is 0.742. The summed E-state index contributed by atoms with van der Waals surface area (Å²) in [5, 5.41) is 0. The van der Waals surface area contributed by atoms with Crippen LogP contribution >= 0.6 is 0 Å². The zero-order valence-electron chi connectivity index (χ0n) is 15.4. The van der Waals surface area contributed by atoms with E-state index in [1.165, 1.54) is 18.4 Å². The van der Waals surface area contributed by atoms with Crippen molar-refractivity contribution in [1.82, 2.24) is 9.80 Å². The van der Waals surface area contributed by atoms with Crippen molar-refractivity contribution in [2.75, 3.05) is 32.8 Å². The van der Waals surface area contributed by atoms with Crippen molar-refractivity contribution in [3.63, 3.8) is 0 Å². The highest BCUT2D eigenvalue weighted by molar-refractivity contribution is 5.77. The Bertz CT molecular complexity index is 606. The molecule has 0 aromatic heterocycles. The van der Waals surface area contributed by atoms with Crippen molar-refractivity contribution in [2.24, 2.45) is 5.41 Å². The van der Waals surface area contributed by atoms with Gasteiger partial charge < -0.3 is 9.64 Å². The van der Waals surface area contributed by atoms with Crippen LogP contribution in [0.4, 0.5) is 0 Å². The molecule has 0 aliphatic carbocycles. The summed E-state index contributed by atoms with van der Waals surface area (Å²) in [4.78, 5) is 16.6. The van der Waals surface area contributed by atoms with Crippen LogP contribution in [-0.4, -0.2) is 48.5 Å². The van der Waals surface area contributed by atoms with Crippen LogP contribution in [0.5, 0.6) is 5.75 Å². The molecule has 0 atom stereocenters. The van der Waals surface area contributed by atoms with Crippen LogP contribution in [-0.2, 0) is 11.3 Å². The van der Waals surface area contributed by atoms with Gasteiger partial charge >= 0.3 is 0 Å². The molecule has 1 aromatic carbocycles. The lowest BCUT2D eigenvalue weighted by Gasteiger charge is -2.47. The van der Waals surface area contributed by atoms with E-state index in [4.69, 9.17) is 4.74 Å². The van der Waals surface area contributed by atoms with E-state index >= 15 is 0 Å². The number of ether oxygens (including phenoxy) is 1. The molecule has 3 rings (SSSR count). The molecule has 2 aliphatic rings. The Labute approximate surface area is 151 Å². The second-order valence-corrected chi connectivity index (χ2v) is 7.38. The van der Waals surface area contributed by atoms with Gasteiger partial charge in [0, 0.05) is 31.6 Å². The molecule has 2 saturated heterocycles.